The zero-order chi connectivity index (χ0) is 18.2. The lowest BCUT2D eigenvalue weighted by atomic mass is 10.2. The molecule has 1 amide bonds. The number of sulfonamides is 1. The van der Waals surface area contributed by atoms with Gasteiger partial charge in [-0.3, -0.25) is 4.79 Å². The highest BCUT2D eigenvalue weighted by molar-refractivity contribution is 9.11. The minimum Gasteiger partial charge on any atom is -0.336 e. The van der Waals surface area contributed by atoms with Crippen molar-refractivity contribution in [2.75, 3.05) is 26.2 Å². The van der Waals surface area contributed by atoms with Crippen molar-refractivity contribution in [2.45, 2.75) is 4.21 Å². The van der Waals surface area contributed by atoms with Crippen molar-refractivity contribution in [3.05, 3.63) is 49.7 Å². The normalized spacial score (nSPS) is 16.2. The van der Waals surface area contributed by atoms with E-state index >= 15 is 0 Å². The first kappa shape index (κ1) is 19.1. The lowest BCUT2D eigenvalue weighted by Gasteiger charge is -2.33. The predicted octanol–water partition coefficient (Wildman–Crippen LogP) is 3.96. The number of carbonyl (C=O) groups excluding carboxylic acids is 1. The summed E-state index contributed by atoms with van der Waals surface area (Å²) in [6.45, 7) is 1.16. The van der Waals surface area contributed by atoms with Crippen LogP contribution in [-0.2, 0) is 10.0 Å². The summed E-state index contributed by atoms with van der Waals surface area (Å²) >= 11 is 16.3. The van der Waals surface area contributed by atoms with Gasteiger partial charge in [-0.1, -0.05) is 23.2 Å². The number of thiophene rings is 1. The van der Waals surface area contributed by atoms with E-state index in [-0.39, 0.29) is 19.0 Å². The Hall–Kier alpha value is -0.640. The van der Waals surface area contributed by atoms with E-state index in [4.69, 9.17) is 23.2 Å². The summed E-state index contributed by atoms with van der Waals surface area (Å²) in [7, 11) is -3.52. The third-order valence-electron chi connectivity index (χ3n) is 3.84. The van der Waals surface area contributed by atoms with E-state index in [1.54, 1.807) is 29.2 Å². The fourth-order valence-electron chi connectivity index (χ4n) is 2.51. The van der Waals surface area contributed by atoms with Gasteiger partial charge < -0.3 is 4.90 Å². The zero-order valence-electron chi connectivity index (χ0n) is 12.8. The Kier molecular flexibility index (Phi) is 5.77. The number of nitrogens with zero attached hydrogens (tertiary/aromatic N) is 2. The first-order valence-electron chi connectivity index (χ1n) is 7.29. The number of carbonyl (C=O) groups is 1. The largest absolute Gasteiger partial charge is 0.336 e. The lowest BCUT2D eigenvalue weighted by molar-refractivity contribution is 0.0698. The molecule has 0 radical (unpaired) electrons. The summed E-state index contributed by atoms with van der Waals surface area (Å²) < 4.78 is 27.7. The van der Waals surface area contributed by atoms with E-state index in [1.807, 2.05) is 0 Å². The molecule has 2 heterocycles. The molecule has 1 saturated heterocycles. The second kappa shape index (κ2) is 7.54. The maximum Gasteiger partial charge on any atom is 0.253 e. The molecule has 1 aromatic carbocycles. The molecule has 0 unspecified atom stereocenters. The summed E-state index contributed by atoms with van der Waals surface area (Å²) in [5.74, 6) is -0.186. The zero-order valence-corrected chi connectivity index (χ0v) is 17.5. The van der Waals surface area contributed by atoms with Crippen LogP contribution in [0.25, 0.3) is 0 Å². The average Bonchev–Trinajstić information content (AvgIpc) is 3.04. The van der Waals surface area contributed by atoms with Crippen LogP contribution >= 0.6 is 50.5 Å². The second-order valence-electron chi connectivity index (χ2n) is 5.38. The summed E-state index contributed by atoms with van der Waals surface area (Å²) in [5.41, 5.74) is 0.438. The molecule has 0 aliphatic carbocycles. The molecule has 1 fully saturated rings. The van der Waals surface area contributed by atoms with E-state index in [2.05, 4.69) is 15.9 Å². The highest BCUT2D eigenvalue weighted by atomic mass is 79.9. The van der Waals surface area contributed by atoms with Gasteiger partial charge in [0.2, 0.25) is 0 Å². The number of benzene rings is 1. The Morgan fingerprint density at radius 2 is 1.72 bits per heavy atom. The topological polar surface area (TPSA) is 57.7 Å². The summed E-state index contributed by atoms with van der Waals surface area (Å²) in [6.07, 6.45) is 0. The van der Waals surface area contributed by atoms with Gasteiger partial charge >= 0.3 is 0 Å². The Morgan fingerprint density at radius 3 is 2.28 bits per heavy atom. The average molecular weight is 484 g/mol. The summed E-state index contributed by atoms with van der Waals surface area (Å²) in [6, 6.07) is 8.01. The highest BCUT2D eigenvalue weighted by Crippen LogP contribution is 2.29. The van der Waals surface area contributed by atoms with Gasteiger partial charge in [0.05, 0.1) is 13.8 Å². The van der Waals surface area contributed by atoms with Gasteiger partial charge in [-0.2, -0.15) is 4.31 Å². The molecule has 134 valence electrons. The number of hydrogen-bond donors (Lipinski definition) is 0. The van der Waals surface area contributed by atoms with Crippen LogP contribution < -0.4 is 0 Å². The van der Waals surface area contributed by atoms with Crippen LogP contribution in [0.1, 0.15) is 10.4 Å². The number of rotatable bonds is 3. The third-order valence-corrected chi connectivity index (χ3v) is 8.56. The van der Waals surface area contributed by atoms with Crippen LogP contribution in [0.2, 0.25) is 10.0 Å². The Labute approximate surface area is 168 Å². The van der Waals surface area contributed by atoms with Gasteiger partial charge in [0, 0.05) is 31.7 Å². The highest BCUT2D eigenvalue weighted by Gasteiger charge is 2.31. The van der Waals surface area contributed by atoms with Gasteiger partial charge in [0.15, 0.2) is 0 Å². The smallest absolute Gasteiger partial charge is 0.253 e. The van der Waals surface area contributed by atoms with Gasteiger partial charge in [0.1, 0.15) is 4.21 Å². The number of piperazine rings is 1. The lowest BCUT2D eigenvalue weighted by Crippen LogP contribution is -2.50. The van der Waals surface area contributed by atoms with Crippen LogP contribution in [0.15, 0.2) is 38.3 Å². The molecule has 0 bridgehead atoms. The molecule has 3 rings (SSSR count). The van der Waals surface area contributed by atoms with Crippen molar-refractivity contribution in [3.8, 4) is 0 Å². The quantitative estimate of drug-likeness (QED) is 0.663. The molecule has 1 aliphatic rings. The summed E-state index contributed by atoms with van der Waals surface area (Å²) in [4.78, 5) is 14.2. The van der Waals surface area contributed by atoms with Crippen molar-refractivity contribution >= 4 is 66.4 Å². The minimum absolute atomic E-state index is 0.186. The van der Waals surface area contributed by atoms with Gasteiger partial charge in [-0.05, 0) is 46.3 Å². The second-order valence-corrected chi connectivity index (χ2v) is 10.8. The van der Waals surface area contributed by atoms with Crippen LogP contribution in [0.3, 0.4) is 0 Å². The molecule has 10 heteroatoms. The van der Waals surface area contributed by atoms with Crippen molar-refractivity contribution in [1.29, 1.82) is 0 Å². The van der Waals surface area contributed by atoms with Crippen molar-refractivity contribution in [1.82, 2.24) is 9.21 Å². The molecule has 5 nitrogen and oxygen atoms in total. The Morgan fingerprint density at radius 1 is 1.04 bits per heavy atom. The van der Waals surface area contributed by atoms with Crippen molar-refractivity contribution < 1.29 is 13.2 Å². The number of halogens is 3. The molecule has 2 aromatic rings. The standard InChI is InChI=1S/C15H13BrCl2N2O3S2/c16-13-3-4-14(24-13)25(22,23)20-7-5-19(6-8-20)15(21)10-1-2-11(17)12(18)9-10/h1-4,9H,5-8H2. The fraction of sp³-hybridized carbons (Fsp3) is 0.267. The monoisotopic (exact) mass is 482 g/mol. The SMILES string of the molecule is O=C(c1ccc(Cl)c(Cl)c1)N1CCN(S(=O)(=O)c2ccc(Br)s2)CC1. The fourth-order valence-corrected chi connectivity index (χ4v) is 6.39. The van der Waals surface area contributed by atoms with Gasteiger partial charge in [-0.15, -0.1) is 11.3 Å². The number of amides is 1. The van der Waals surface area contributed by atoms with E-state index in [0.29, 0.717) is 32.9 Å². The maximum absolute atomic E-state index is 12.6. The molecular weight excluding hydrogens is 471 g/mol. The van der Waals surface area contributed by atoms with E-state index < -0.39 is 10.0 Å². The minimum atomic E-state index is -3.52. The molecular formula is C15H13BrCl2N2O3S2. The first-order chi connectivity index (χ1) is 11.8. The molecule has 0 atom stereocenters. The van der Waals surface area contributed by atoms with Crippen LogP contribution in [0, 0.1) is 0 Å². The van der Waals surface area contributed by atoms with E-state index in [0.717, 1.165) is 3.79 Å². The van der Waals surface area contributed by atoms with Crippen molar-refractivity contribution in [2.24, 2.45) is 0 Å². The molecule has 0 spiro atoms. The molecule has 1 aromatic heterocycles. The van der Waals surface area contributed by atoms with Crippen LogP contribution in [0.5, 0.6) is 0 Å². The maximum atomic E-state index is 12.6. The first-order valence-corrected chi connectivity index (χ1v) is 11.1. The number of hydrogen-bond acceptors (Lipinski definition) is 4. The van der Waals surface area contributed by atoms with Crippen LogP contribution in [0.4, 0.5) is 0 Å². The molecule has 0 N–H and O–H groups in total. The van der Waals surface area contributed by atoms with Gasteiger partial charge in [-0.25, -0.2) is 8.42 Å². The Balaban J connectivity index is 1.69. The molecule has 25 heavy (non-hydrogen) atoms. The Bertz CT molecular complexity index is 909. The third kappa shape index (κ3) is 4.04. The molecule has 0 saturated carbocycles. The molecule has 1 aliphatic heterocycles. The predicted molar refractivity (Wildman–Crippen MR) is 103 cm³/mol. The van der Waals surface area contributed by atoms with Gasteiger partial charge in [0.25, 0.3) is 15.9 Å². The van der Waals surface area contributed by atoms with E-state index in [1.165, 1.54) is 21.7 Å². The van der Waals surface area contributed by atoms with Crippen molar-refractivity contribution in [3.63, 3.8) is 0 Å². The van der Waals surface area contributed by atoms with Crippen LogP contribution in [-0.4, -0.2) is 49.7 Å². The summed E-state index contributed by atoms with van der Waals surface area (Å²) in [5, 5.41) is 0.702. The van der Waals surface area contributed by atoms with E-state index in [9.17, 15) is 13.2 Å².